The number of furan rings is 2. The van der Waals surface area contributed by atoms with Gasteiger partial charge in [-0.3, -0.25) is 14.5 Å². The summed E-state index contributed by atoms with van der Waals surface area (Å²) in [6.07, 6.45) is 2.75. The van der Waals surface area contributed by atoms with Crippen LogP contribution in [0.1, 0.15) is 27.9 Å². The molecule has 0 fully saturated rings. The third kappa shape index (κ3) is 2.60. The van der Waals surface area contributed by atoms with E-state index in [1.807, 2.05) is 6.07 Å². The van der Waals surface area contributed by atoms with E-state index < -0.39 is 23.5 Å². The second-order valence-corrected chi connectivity index (χ2v) is 5.82. The molecule has 1 N–H and O–H groups in total. The normalized spacial score (nSPS) is 16.6. The van der Waals surface area contributed by atoms with Crippen molar-refractivity contribution in [2.24, 2.45) is 0 Å². The van der Waals surface area contributed by atoms with E-state index in [9.17, 15) is 14.7 Å². The van der Waals surface area contributed by atoms with Gasteiger partial charge in [0.25, 0.3) is 5.91 Å². The van der Waals surface area contributed by atoms with Crippen LogP contribution in [0.3, 0.4) is 0 Å². The number of benzene rings is 1. The van der Waals surface area contributed by atoms with Gasteiger partial charge in [-0.05, 0) is 48.5 Å². The van der Waals surface area contributed by atoms with Gasteiger partial charge in [0.05, 0.1) is 29.7 Å². The number of ketones is 1. The van der Waals surface area contributed by atoms with Crippen LogP contribution in [-0.2, 0) is 4.79 Å². The van der Waals surface area contributed by atoms with E-state index in [4.69, 9.17) is 14.1 Å². The number of aliphatic hydroxyl groups excluding tert-OH is 1. The molecule has 27 heavy (non-hydrogen) atoms. The fourth-order valence-electron chi connectivity index (χ4n) is 3.06. The molecule has 1 unspecified atom stereocenters. The zero-order chi connectivity index (χ0) is 19.0. The monoisotopic (exact) mass is 360 g/mol. The summed E-state index contributed by atoms with van der Waals surface area (Å²) in [6, 6.07) is 13.5. The molecule has 7 nitrogen and oxygen atoms in total. The van der Waals surface area contributed by atoms with Crippen LogP contribution in [0.4, 0.5) is 5.69 Å². The lowest BCUT2D eigenvalue weighted by Crippen LogP contribution is -2.30. The molecule has 0 radical (unpaired) electrons. The number of carbonyl (C=O) groups is 2. The lowest BCUT2D eigenvalue weighted by molar-refractivity contribution is -0.117. The van der Waals surface area contributed by atoms with Crippen molar-refractivity contribution in [3.63, 3.8) is 0 Å². The molecule has 3 heterocycles. The molecule has 7 heteroatoms. The van der Waals surface area contributed by atoms with Crippen molar-refractivity contribution in [2.45, 2.75) is 6.04 Å². The van der Waals surface area contributed by atoms with Gasteiger partial charge in [-0.15, -0.1) is 0 Å². The van der Waals surface area contributed by atoms with Crippen molar-refractivity contribution < 1.29 is 23.5 Å². The molecule has 2 aromatic heterocycles. The highest BCUT2D eigenvalue weighted by atomic mass is 16.3. The molecule has 1 aliphatic rings. The van der Waals surface area contributed by atoms with Gasteiger partial charge in [-0.2, -0.15) is 5.26 Å². The highest BCUT2D eigenvalue weighted by molar-refractivity contribution is 6.20. The van der Waals surface area contributed by atoms with E-state index in [-0.39, 0.29) is 11.3 Å². The first-order valence-corrected chi connectivity index (χ1v) is 8.00. The maximum Gasteiger partial charge on any atom is 0.294 e. The number of hydrogen-bond acceptors (Lipinski definition) is 6. The lowest BCUT2D eigenvalue weighted by Gasteiger charge is -2.24. The van der Waals surface area contributed by atoms with Gasteiger partial charge in [0.2, 0.25) is 5.78 Å². The van der Waals surface area contributed by atoms with Crippen LogP contribution in [0.25, 0.3) is 0 Å². The maximum absolute atomic E-state index is 12.9. The van der Waals surface area contributed by atoms with Gasteiger partial charge in [-0.1, -0.05) is 0 Å². The van der Waals surface area contributed by atoms with Crippen molar-refractivity contribution in [3.8, 4) is 6.07 Å². The van der Waals surface area contributed by atoms with E-state index in [0.717, 1.165) is 0 Å². The molecule has 1 atom stereocenters. The zero-order valence-corrected chi connectivity index (χ0v) is 13.8. The van der Waals surface area contributed by atoms with Gasteiger partial charge in [0.15, 0.2) is 11.5 Å². The van der Waals surface area contributed by atoms with E-state index >= 15 is 0 Å². The molecule has 0 saturated carbocycles. The minimum Gasteiger partial charge on any atom is -0.503 e. The molecule has 132 valence electrons. The van der Waals surface area contributed by atoms with Crippen LogP contribution >= 0.6 is 0 Å². The number of anilines is 1. The van der Waals surface area contributed by atoms with Crippen LogP contribution in [-0.4, -0.2) is 16.8 Å². The second-order valence-electron chi connectivity index (χ2n) is 5.82. The molecule has 0 aliphatic carbocycles. The first-order valence-electron chi connectivity index (χ1n) is 8.00. The SMILES string of the molecule is N#Cc1ccc(N2C(=O)C(O)=C(C(=O)c3ccco3)C2c2ccco2)cc1. The van der Waals surface area contributed by atoms with Crippen LogP contribution in [0, 0.1) is 11.3 Å². The predicted octanol–water partition coefficient (Wildman–Crippen LogP) is 3.53. The largest absolute Gasteiger partial charge is 0.503 e. The summed E-state index contributed by atoms with van der Waals surface area (Å²) in [5.74, 6) is -1.70. The van der Waals surface area contributed by atoms with Crippen molar-refractivity contribution in [2.75, 3.05) is 4.90 Å². The average Bonchev–Trinajstić information content (AvgIpc) is 3.44. The van der Waals surface area contributed by atoms with Gasteiger partial charge >= 0.3 is 0 Å². The standard InChI is InChI=1S/C20H12N2O5/c21-11-12-5-7-13(8-6-12)22-17(14-3-1-9-26-14)16(19(24)20(22)25)18(23)15-4-2-10-27-15/h1-10,17,24H. The summed E-state index contributed by atoms with van der Waals surface area (Å²) in [6.45, 7) is 0. The zero-order valence-electron chi connectivity index (χ0n) is 13.8. The number of nitriles is 1. The Morgan fingerprint density at radius 2 is 1.78 bits per heavy atom. The fraction of sp³-hybridized carbons (Fsp3) is 0.0500. The Labute approximate surface area is 153 Å². The van der Waals surface area contributed by atoms with Crippen molar-refractivity contribution in [1.82, 2.24) is 0 Å². The molecule has 0 spiro atoms. The Morgan fingerprint density at radius 1 is 1.07 bits per heavy atom. The van der Waals surface area contributed by atoms with E-state index in [0.29, 0.717) is 17.0 Å². The molecular weight excluding hydrogens is 348 g/mol. The number of aliphatic hydroxyl groups is 1. The van der Waals surface area contributed by atoms with E-state index in [1.54, 1.807) is 42.5 Å². The maximum atomic E-state index is 12.9. The summed E-state index contributed by atoms with van der Waals surface area (Å²) in [5, 5.41) is 19.4. The number of rotatable bonds is 4. The topological polar surface area (TPSA) is 108 Å². The molecule has 1 aliphatic heterocycles. The molecule has 0 bridgehead atoms. The smallest absolute Gasteiger partial charge is 0.294 e. The minimum atomic E-state index is -0.960. The van der Waals surface area contributed by atoms with Gasteiger partial charge in [-0.25, -0.2) is 0 Å². The van der Waals surface area contributed by atoms with Crippen LogP contribution in [0.2, 0.25) is 0 Å². The fourth-order valence-corrected chi connectivity index (χ4v) is 3.06. The third-order valence-corrected chi connectivity index (χ3v) is 4.28. The van der Waals surface area contributed by atoms with Gasteiger partial charge in [0.1, 0.15) is 11.8 Å². The molecule has 1 amide bonds. The summed E-state index contributed by atoms with van der Waals surface area (Å²) in [7, 11) is 0. The minimum absolute atomic E-state index is 0.00239. The van der Waals surface area contributed by atoms with Crippen molar-refractivity contribution >= 4 is 17.4 Å². The highest BCUT2D eigenvalue weighted by Gasteiger charge is 2.46. The van der Waals surface area contributed by atoms with Gasteiger partial charge < -0.3 is 13.9 Å². The Morgan fingerprint density at radius 3 is 2.37 bits per heavy atom. The summed E-state index contributed by atoms with van der Waals surface area (Å²) in [5.41, 5.74) is 0.701. The third-order valence-electron chi connectivity index (χ3n) is 4.28. The summed E-state index contributed by atoms with van der Waals surface area (Å²) >= 11 is 0. The highest BCUT2D eigenvalue weighted by Crippen LogP contribution is 2.42. The van der Waals surface area contributed by atoms with Crippen LogP contribution < -0.4 is 4.90 Å². The Bertz CT molecular complexity index is 1070. The van der Waals surface area contributed by atoms with E-state index in [2.05, 4.69) is 0 Å². The quantitative estimate of drug-likeness (QED) is 0.713. The molecule has 3 aromatic rings. The number of amides is 1. The van der Waals surface area contributed by atoms with Gasteiger partial charge in [0, 0.05) is 5.69 Å². The van der Waals surface area contributed by atoms with Crippen LogP contribution in [0.15, 0.2) is 81.2 Å². The number of Topliss-reactive ketones (excluding diaryl/α,β-unsaturated/α-hetero) is 1. The first-order chi connectivity index (χ1) is 13.1. The first kappa shape index (κ1) is 16.4. The Kier molecular flexibility index (Phi) is 3.86. The molecule has 1 aromatic carbocycles. The molecule has 4 rings (SSSR count). The predicted molar refractivity (Wildman–Crippen MR) is 92.8 cm³/mol. The van der Waals surface area contributed by atoms with E-state index in [1.165, 1.54) is 23.5 Å². The Hall–Kier alpha value is -4.05. The Balaban J connectivity index is 1.84. The number of nitrogens with zero attached hydrogens (tertiary/aromatic N) is 2. The van der Waals surface area contributed by atoms with Crippen molar-refractivity contribution in [1.29, 1.82) is 5.26 Å². The second kappa shape index (κ2) is 6.35. The van der Waals surface area contributed by atoms with Crippen LogP contribution in [0.5, 0.6) is 0 Å². The molecular formula is C20H12N2O5. The summed E-state index contributed by atoms with van der Waals surface area (Å²) in [4.78, 5) is 26.9. The lowest BCUT2D eigenvalue weighted by atomic mass is 9.99. The average molecular weight is 360 g/mol. The van der Waals surface area contributed by atoms with Crippen molar-refractivity contribution in [3.05, 3.63) is 89.5 Å². The number of carbonyl (C=O) groups excluding carboxylic acids is 2. The number of hydrogen-bond donors (Lipinski definition) is 1. The molecule has 0 saturated heterocycles. The summed E-state index contributed by atoms with van der Waals surface area (Å²) < 4.78 is 10.6.